The molecule has 2 N–H and O–H groups in total. The minimum Gasteiger partial charge on any atom is -0.382 e. The number of rotatable bonds is 18. The lowest BCUT2D eigenvalue weighted by molar-refractivity contribution is -0.171. The van der Waals surface area contributed by atoms with Gasteiger partial charge in [-0.05, 0) is 25.7 Å². The lowest BCUT2D eigenvalue weighted by Gasteiger charge is -2.21. The van der Waals surface area contributed by atoms with E-state index in [2.05, 4.69) is 13.7 Å². The molecule has 0 spiro atoms. The van der Waals surface area contributed by atoms with E-state index >= 15 is 0 Å². The first-order chi connectivity index (χ1) is 15.0. The maximum absolute atomic E-state index is 12.4. The summed E-state index contributed by atoms with van der Waals surface area (Å²) in [6, 6.07) is -0.589. The van der Waals surface area contributed by atoms with Crippen LogP contribution in [0, 0.1) is 0 Å². The minimum atomic E-state index is -4.29. The second-order valence-corrected chi connectivity index (χ2v) is 11.2. The maximum Gasteiger partial charge on any atom is 0.502 e. The molecule has 1 saturated heterocycles. The molecule has 1 aliphatic heterocycles. The highest BCUT2D eigenvalue weighted by molar-refractivity contribution is 7.48. The first-order valence-electron chi connectivity index (χ1n) is 9.67. The summed E-state index contributed by atoms with van der Waals surface area (Å²) < 4.78 is 79.0. The molecule has 0 amide bonds. The van der Waals surface area contributed by atoms with Crippen LogP contribution in [0.2, 0.25) is 0 Å². The van der Waals surface area contributed by atoms with Crippen LogP contribution in [-0.2, 0) is 54.8 Å². The van der Waals surface area contributed by atoms with Gasteiger partial charge in [0.2, 0.25) is 0 Å². The lowest BCUT2D eigenvalue weighted by Crippen LogP contribution is -2.23. The standard InChI is InChI=1S/C14H30BO14P3/c1-4-12-13(11-14(15)27-12)28-32(20,29-16)26-10-6-9-25-31(19,22-3)24-8-5-7-23-30(17,18)21-2/h12-14,16H,4-11H2,1-3H3,(H,17,18). The third-order valence-corrected chi connectivity index (χ3v) is 7.67. The van der Waals surface area contributed by atoms with Gasteiger partial charge in [0.1, 0.15) is 7.85 Å². The Kier molecular flexibility index (Phi) is 13.9. The van der Waals surface area contributed by atoms with Crippen LogP contribution in [0.15, 0.2) is 0 Å². The van der Waals surface area contributed by atoms with Gasteiger partial charge in [-0.2, -0.15) is 0 Å². The smallest absolute Gasteiger partial charge is 0.382 e. The molecule has 1 rings (SSSR count). The van der Waals surface area contributed by atoms with Gasteiger partial charge in [0, 0.05) is 20.2 Å². The zero-order valence-corrected chi connectivity index (χ0v) is 20.8. The zero-order valence-electron chi connectivity index (χ0n) is 18.1. The van der Waals surface area contributed by atoms with Crippen molar-refractivity contribution in [1.82, 2.24) is 0 Å². The molecule has 2 radical (unpaired) electrons. The highest BCUT2D eigenvalue weighted by atomic mass is 31.2. The quantitative estimate of drug-likeness (QED) is 0.0877. The van der Waals surface area contributed by atoms with E-state index < -0.39 is 41.7 Å². The van der Waals surface area contributed by atoms with Gasteiger partial charge >= 0.3 is 23.5 Å². The van der Waals surface area contributed by atoms with Crippen molar-refractivity contribution in [3.63, 3.8) is 0 Å². The van der Waals surface area contributed by atoms with Crippen molar-refractivity contribution in [3.05, 3.63) is 0 Å². The average Bonchev–Trinajstić information content (AvgIpc) is 3.11. The summed E-state index contributed by atoms with van der Waals surface area (Å²) in [5.74, 6) is 0. The molecule has 0 saturated carbocycles. The molecule has 1 heterocycles. The summed E-state index contributed by atoms with van der Waals surface area (Å²) in [6.45, 7) is 1.06. The Morgan fingerprint density at radius 3 is 1.94 bits per heavy atom. The van der Waals surface area contributed by atoms with E-state index in [0.29, 0.717) is 6.42 Å². The zero-order chi connectivity index (χ0) is 24.3. The van der Waals surface area contributed by atoms with E-state index in [4.69, 9.17) is 45.4 Å². The van der Waals surface area contributed by atoms with E-state index in [9.17, 15) is 13.7 Å². The summed E-state index contributed by atoms with van der Waals surface area (Å²) in [5.41, 5.74) is 0. The molecule has 1 aliphatic rings. The second kappa shape index (κ2) is 14.7. The lowest BCUT2D eigenvalue weighted by atomic mass is 9.96. The van der Waals surface area contributed by atoms with Crippen LogP contribution in [0.25, 0.3) is 0 Å². The predicted octanol–water partition coefficient (Wildman–Crippen LogP) is 3.01. The van der Waals surface area contributed by atoms with Crippen LogP contribution in [0.3, 0.4) is 0 Å². The van der Waals surface area contributed by atoms with Crippen LogP contribution >= 0.6 is 23.5 Å². The van der Waals surface area contributed by atoms with E-state index in [1.807, 2.05) is 6.92 Å². The van der Waals surface area contributed by atoms with Gasteiger partial charge in [-0.15, -0.1) is 4.67 Å². The fourth-order valence-corrected chi connectivity index (χ4v) is 4.99. The van der Waals surface area contributed by atoms with Crippen molar-refractivity contribution in [2.75, 3.05) is 40.6 Å². The van der Waals surface area contributed by atoms with E-state index in [1.54, 1.807) is 0 Å². The molecule has 32 heavy (non-hydrogen) atoms. The topological polar surface area (TPSA) is 175 Å². The van der Waals surface area contributed by atoms with Crippen LogP contribution < -0.4 is 0 Å². The summed E-state index contributed by atoms with van der Waals surface area (Å²) in [7, 11) is -4.48. The fraction of sp³-hybridized carbons (Fsp3) is 1.00. The van der Waals surface area contributed by atoms with Gasteiger partial charge in [0.25, 0.3) is 0 Å². The average molecular weight is 526 g/mol. The molecular formula is C14H30BO14P3. The SMILES string of the molecule is [B]C1CC(OP(=O)(OO)OCCCOP(=O)(OC)OCCCOP(=O)(O)OC)C(CC)O1. The van der Waals surface area contributed by atoms with E-state index in [-0.39, 0.29) is 45.7 Å². The van der Waals surface area contributed by atoms with Gasteiger partial charge in [-0.3, -0.25) is 31.7 Å². The maximum atomic E-state index is 12.4. The van der Waals surface area contributed by atoms with Crippen LogP contribution in [-0.4, -0.2) is 76.9 Å². The fourth-order valence-electron chi connectivity index (χ4n) is 2.48. The Hall–Kier alpha value is 0.315. The molecule has 188 valence electrons. The summed E-state index contributed by atoms with van der Waals surface area (Å²) in [6.07, 6.45) is -0.139. The van der Waals surface area contributed by atoms with Crippen molar-refractivity contribution < 1.29 is 64.9 Å². The second-order valence-electron chi connectivity index (χ2n) is 6.35. The number of phosphoric ester groups is 3. The van der Waals surface area contributed by atoms with E-state index in [0.717, 1.165) is 14.2 Å². The molecule has 18 heteroatoms. The molecular weight excluding hydrogens is 496 g/mol. The first-order valence-corrected chi connectivity index (χ1v) is 14.1. The molecule has 6 unspecified atom stereocenters. The Labute approximate surface area is 188 Å². The molecule has 0 aromatic carbocycles. The van der Waals surface area contributed by atoms with Crippen molar-refractivity contribution >= 4 is 31.3 Å². The molecule has 0 aromatic rings. The summed E-state index contributed by atoms with van der Waals surface area (Å²) >= 11 is 0. The van der Waals surface area contributed by atoms with Gasteiger partial charge in [-0.1, -0.05) is 6.92 Å². The summed E-state index contributed by atoms with van der Waals surface area (Å²) in [5, 5.41) is 8.95. The van der Waals surface area contributed by atoms with Gasteiger partial charge in [0.05, 0.1) is 38.6 Å². The van der Waals surface area contributed by atoms with Crippen LogP contribution in [0.5, 0.6) is 0 Å². The van der Waals surface area contributed by atoms with Crippen molar-refractivity contribution in [2.45, 2.75) is 50.8 Å². The largest absolute Gasteiger partial charge is 0.502 e. The Morgan fingerprint density at radius 2 is 1.47 bits per heavy atom. The normalized spacial score (nSPS) is 27.0. The monoisotopic (exact) mass is 526 g/mol. The van der Waals surface area contributed by atoms with Crippen molar-refractivity contribution in [1.29, 1.82) is 0 Å². The number of phosphoric acid groups is 3. The molecule has 0 bridgehead atoms. The number of hydrogen-bond acceptors (Lipinski definition) is 13. The molecule has 0 aromatic heterocycles. The Bertz CT molecular complexity index is 681. The Morgan fingerprint density at radius 1 is 0.938 bits per heavy atom. The predicted molar refractivity (Wildman–Crippen MR) is 110 cm³/mol. The first kappa shape index (κ1) is 30.3. The Balaban J connectivity index is 2.32. The third kappa shape index (κ3) is 11.2. The van der Waals surface area contributed by atoms with Crippen LogP contribution in [0.4, 0.5) is 0 Å². The van der Waals surface area contributed by atoms with Crippen LogP contribution in [0.1, 0.15) is 32.6 Å². The van der Waals surface area contributed by atoms with Crippen molar-refractivity contribution in [2.24, 2.45) is 0 Å². The van der Waals surface area contributed by atoms with E-state index in [1.165, 1.54) is 0 Å². The van der Waals surface area contributed by atoms with Gasteiger partial charge in [0.15, 0.2) is 0 Å². The number of hydrogen-bond donors (Lipinski definition) is 2. The van der Waals surface area contributed by atoms with Gasteiger partial charge < -0.3 is 9.63 Å². The molecule has 6 atom stereocenters. The molecule has 14 nitrogen and oxygen atoms in total. The molecule has 1 fully saturated rings. The molecule has 0 aliphatic carbocycles. The third-order valence-electron chi connectivity index (χ3n) is 4.03. The van der Waals surface area contributed by atoms with Gasteiger partial charge in [-0.25, -0.2) is 19.0 Å². The summed E-state index contributed by atoms with van der Waals surface area (Å²) in [4.78, 5) is 9.08. The highest BCUT2D eigenvalue weighted by Crippen LogP contribution is 2.52. The van der Waals surface area contributed by atoms with Crippen molar-refractivity contribution in [3.8, 4) is 0 Å². The number of ether oxygens (including phenoxy) is 1. The highest BCUT2D eigenvalue weighted by Gasteiger charge is 2.40. The minimum absolute atomic E-state index is 0.0654.